The predicted molar refractivity (Wildman–Crippen MR) is 120 cm³/mol. The second kappa shape index (κ2) is 8.41. The summed E-state index contributed by atoms with van der Waals surface area (Å²) in [5.74, 6) is -0.115. The van der Waals surface area contributed by atoms with E-state index in [0.717, 1.165) is 51.4 Å². The molecule has 3 heterocycles. The number of nitrogens with zero attached hydrogens (tertiary/aromatic N) is 2. The number of amides is 1. The first-order chi connectivity index (χ1) is 14.5. The number of furan rings is 1. The van der Waals surface area contributed by atoms with Crippen molar-refractivity contribution in [2.45, 2.75) is 24.8 Å². The topological polar surface area (TPSA) is 100 Å². The van der Waals surface area contributed by atoms with Crippen molar-refractivity contribution in [2.75, 3.05) is 13.1 Å². The zero-order valence-corrected chi connectivity index (χ0v) is 17.9. The molecule has 0 saturated carbocycles. The summed E-state index contributed by atoms with van der Waals surface area (Å²) in [6.07, 6.45) is 3.74. The Hall–Kier alpha value is -2.97. The van der Waals surface area contributed by atoms with Crippen molar-refractivity contribution >= 4 is 35.0 Å². The highest BCUT2D eigenvalue weighted by Gasteiger charge is 2.21. The average molecular weight is 424 g/mol. The second-order valence-corrected chi connectivity index (χ2v) is 8.51. The van der Waals surface area contributed by atoms with Crippen LogP contribution in [0.4, 0.5) is 0 Å². The van der Waals surface area contributed by atoms with Gasteiger partial charge in [0.15, 0.2) is 0 Å². The maximum absolute atomic E-state index is 12.9. The Morgan fingerprint density at radius 1 is 1.40 bits per heavy atom. The number of nitrogens with one attached hydrogen (secondary N) is 2. The molecule has 30 heavy (non-hydrogen) atoms. The molecule has 1 aromatic carbocycles. The molecule has 2 aromatic heterocycles. The Kier molecular flexibility index (Phi) is 5.69. The van der Waals surface area contributed by atoms with Crippen LogP contribution < -0.4 is 11.1 Å². The molecule has 0 unspecified atom stereocenters. The first-order valence-electron chi connectivity index (χ1n) is 9.78. The van der Waals surface area contributed by atoms with Gasteiger partial charge >= 0.3 is 0 Å². The molecule has 0 atom stereocenters. The zero-order chi connectivity index (χ0) is 21.3. The Morgan fingerprint density at radius 3 is 3.03 bits per heavy atom. The Morgan fingerprint density at radius 2 is 2.23 bits per heavy atom. The van der Waals surface area contributed by atoms with Gasteiger partial charge in [-0.15, -0.1) is 0 Å². The van der Waals surface area contributed by atoms with E-state index in [1.165, 1.54) is 6.21 Å². The predicted octanol–water partition coefficient (Wildman–Crippen LogP) is 3.58. The van der Waals surface area contributed by atoms with Gasteiger partial charge in [-0.25, -0.2) is 4.31 Å². The number of carbonyl (C=O) groups excluding carboxylic acids is 1. The molecule has 0 bridgehead atoms. The fraction of sp³-hybridized carbons (Fsp3) is 0.273. The number of aromatic nitrogens is 1. The van der Waals surface area contributed by atoms with Crippen LogP contribution in [0.25, 0.3) is 11.0 Å². The minimum Gasteiger partial charge on any atom is -0.464 e. The van der Waals surface area contributed by atoms with Gasteiger partial charge in [-0.1, -0.05) is 12.1 Å². The van der Waals surface area contributed by atoms with Gasteiger partial charge < -0.3 is 25.4 Å². The summed E-state index contributed by atoms with van der Waals surface area (Å²) in [7, 11) is 1.90. The van der Waals surface area contributed by atoms with Gasteiger partial charge in [-0.2, -0.15) is 0 Å². The second-order valence-electron chi connectivity index (χ2n) is 7.37. The zero-order valence-electron chi connectivity index (χ0n) is 17.1. The van der Waals surface area contributed by atoms with Crippen LogP contribution in [-0.4, -0.2) is 34.1 Å². The first kappa shape index (κ1) is 20.3. The quantitative estimate of drug-likeness (QED) is 0.416. The molecular formula is C22H25N5O2S. The van der Waals surface area contributed by atoms with Gasteiger partial charge in [-0.3, -0.25) is 4.79 Å². The summed E-state index contributed by atoms with van der Waals surface area (Å²) in [5, 5.41) is 11.6. The van der Waals surface area contributed by atoms with Crippen LogP contribution in [0, 0.1) is 12.3 Å². The van der Waals surface area contributed by atoms with Crippen molar-refractivity contribution < 1.29 is 9.21 Å². The summed E-state index contributed by atoms with van der Waals surface area (Å²) in [6.45, 7) is 3.89. The highest BCUT2D eigenvalue weighted by atomic mass is 32.2. The van der Waals surface area contributed by atoms with E-state index >= 15 is 0 Å². The monoisotopic (exact) mass is 423 g/mol. The molecule has 3 aromatic rings. The standard InChI is InChI=1S/C22H25N5O2S/c1-14-21(30-27-8-6-18(24)16(11-23)13-27)10-19(26(14)2)22(28)25-12-15-4-3-5-20-17(15)7-9-29-20/h3-5,7,9-11,23H,6,8,12-13,24H2,1-2H3,(H,25,28). The van der Waals surface area contributed by atoms with E-state index in [0.29, 0.717) is 18.8 Å². The van der Waals surface area contributed by atoms with Crippen LogP contribution in [0.15, 0.2) is 57.2 Å². The van der Waals surface area contributed by atoms with Crippen LogP contribution in [0.1, 0.15) is 28.2 Å². The molecule has 0 radical (unpaired) electrons. The van der Waals surface area contributed by atoms with Gasteiger partial charge in [0.25, 0.3) is 5.91 Å². The molecule has 0 spiro atoms. The van der Waals surface area contributed by atoms with E-state index in [1.807, 2.05) is 48.9 Å². The Bertz CT molecular complexity index is 1140. The van der Waals surface area contributed by atoms with Crippen molar-refractivity contribution in [1.29, 1.82) is 5.41 Å². The lowest BCUT2D eigenvalue weighted by atomic mass is 10.1. The highest BCUT2D eigenvalue weighted by Crippen LogP contribution is 2.31. The SMILES string of the molecule is Cc1c(SN2CCC(N)=C(C=N)C2)cc(C(=O)NCc2cccc3occc23)n1C. The van der Waals surface area contributed by atoms with E-state index in [2.05, 4.69) is 9.62 Å². The molecule has 4 N–H and O–H groups in total. The molecule has 8 heteroatoms. The molecule has 4 rings (SSSR count). The maximum atomic E-state index is 12.9. The van der Waals surface area contributed by atoms with Crippen molar-refractivity contribution in [2.24, 2.45) is 12.8 Å². The van der Waals surface area contributed by atoms with Gasteiger partial charge in [-0.05, 0) is 42.6 Å². The van der Waals surface area contributed by atoms with Crippen LogP contribution in [-0.2, 0) is 13.6 Å². The number of carbonyl (C=O) groups is 1. The summed E-state index contributed by atoms with van der Waals surface area (Å²) in [5.41, 5.74) is 11.1. The van der Waals surface area contributed by atoms with Gasteiger partial charge in [0, 0.05) is 66.6 Å². The number of benzene rings is 1. The lowest BCUT2D eigenvalue weighted by molar-refractivity contribution is 0.0942. The van der Waals surface area contributed by atoms with Gasteiger partial charge in [0.1, 0.15) is 11.3 Å². The minimum absolute atomic E-state index is 0.115. The maximum Gasteiger partial charge on any atom is 0.268 e. The highest BCUT2D eigenvalue weighted by molar-refractivity contribution is 7.97. The van der Waals surface area contributed by atoms with E-state index < -0.39 is 0 Å². The lowest BCUT2D eigenvalue weighted by Gasteiger charge is -2.26. The minimum atomic E-state index is -0.115. The molecular weight excluding hydrogens is 398 g/mol. The fourth-order valence-electron chi connectivity index (χ4n) is 3.59. The molecule has 1 aliphatic rings. The van der Waals surface area contributed by atoms with Gasteiger partial charge in [0.2, 0.25) is 0 Å². The summed E-state index contributed by atoms with van der Waals surface area (Å²) < 4.78 is 9.53. The van der Waals surface area contributed by atoms with Crippen LogP contribution in [0.3, 0.4) is 0 Å². The number of hydrogen-bond donors (Lipinski definition) is 3. The Balaban J connectivity index is 1.46. The first-order valence-corrected chi connectivity index (χ1v) is 10.6. The largest absolute Gasteiger partial charge is 0.464 e. The molecule has 156 valence electrons. The van der Waals surface area contributed by atoms with Crippen molar-refractivity contribution in [1.82, 2.24) is 14.2 Å². The molecule has 1 amide bonds. The summed E-state index contributed by atoms with van der Waals surface area (Å²) in [6, 6.07) is 9.68. The Labute approximate surface area is 179 Å². The molecule has 0 fully saturated rings. The third-order valence-electron chi connectivity index (χ3n) is 5.54. The number of fused-ring (bicyclic) bond motifs is 1. The third-order valence-corrected chi connectivity index (χ3v) is 6.72. The fourth-order valence-corrected chi connectivity index (χ4v) is 4.69. The van der Waals surface area contributed by atoms with Crippen molar-refractivity contribution in [3.63, 3.8) is 0 Å². The smallest absolute Gasteiger partial charge is 0.268 e. The third kappa shape index (κ3) is 3.88. The average Bonchev–Trinajstić information content (AvgIpc) is 3.34. The van der Waals surface area contributed by atoms with E-state index in [1.54, 1.807) is 18.2 Å². The van der Waals surface area contributed by atoms with Crippen LogP contribution in [0.5, 0.6) is 0 Å². The summed E-state index contributed by atoms with van der Waals surface area (Å²) >= 11 is 1.61. The molecule has 0 saturated heterocycles. The van der Waals surface area contributed by atoms with E-state index in [-0.39, 0.29) is 5.91 Å². The number of hydrogen-bond acceptors (Lipinski definition) is 6. The molecule has 0 aliphatic carbocycles. The molecule has 1 aliphatic heterocycles. The van der Waals surface area contributed by atoms with Crippen LogP contribution in [0.2, 0.25) is 0 Å². The normalized spacial score (nSPS) is 15.0. The van der Waals surface area contributed by atoms with E-state index in [9.17, 15) is 4.79 Å². The summed E-state index contributed by atoms with van der Waals surface area (Å²) in [4.78, 5) is 13.9. The van der Waals surface area contributed by atoms with Crippen molar-refractivity contribution in [3.05, 3.63) is 64.8 Å². The van der Waals surface area contributed by atoms with Crippen LogP contribution >= 0.6 is 11.9 Å². The number of nitrogens with two attached hydrogens (primary N) is 1. The number of rotatable bonds is 6. The molecule has 7 nitrogen and oxygen atoms in total. The van der Waals surface area contributed by atoms with E-state index in [4.69, 9.17) is 15.6 Å². The van der Waals surface area contributed by atoms with Gasteiger partial charge in [0.05, 0.1) is 6.26 Å². The lowest BCUT2D eigenvalue weighted by Crippen LogP contribution is -2.29. The van der Waals surface area contributed by atoms with Crippen molar-refractivity contribution in [3.8, 4) is 0 Å².